The van der Waals surface area contributed by atoms with Gasteiger partial charge < -0.3 is 14.2 Å². The summed E-state index contributed by atoms with van der Waals surface area (Å²) in [6.45, 7) is 7.89. The molecule has 1 saturated heterocycles. The molecule has 6 nitrogen and oxygen atoms in total. The summed E-state index contributed by atoms with van der Waals surface area (Å²) in [5.41, 5.74) is 5.38. The maximum Gasteiger partial charge on any atom is 0.324 e. The van der Waals surface area contributed by atoms with Crippen molar-refractivity contribution in [1.82, 2.24) is 10.1 Å². The van der Waals surface area contributed by atoms with Crippen molar-refractivity contribution in [1.29, 1.82) is 0 Å². The fourth-order valence-corrected chi connectivity index (χ4v) is 4.00. The first-order chi connectivity index (χ1) is 16.0. The van der Waals surface area contributed by atoms with Gasteiger partial charge in [0.25, 0.3) is 0 Å². The molecule has 1 aromatic heterocycles. The quantitative estimate of drug-likeness (QED) is 0.515. The average molecular weight is 446 g/mol. The van der Waals surface area contributed by atoms with E-state index < -0.39 is 0 Å². The summed E-state index contributed by atoms with van der Waals surface area (Å²) in [6.07, 6.45) is 3.95. The number of rotatable bonds is 6. The molecule has 1 atom stereocenters. The van der Waals surface area contributed by atoms with Crippen LogP contribution in [0.2, 0.25) is 0 Å². The number of piperidine rings is 1. The zero-order chi connectivity index (χ0) is 23.2. The van der Waals surface area contributed by atoms with Crippen molar-refractivity contribution in [3.05, 3.63) is 82.6 Å². The van der Waals surface area contributed by atoms with E-state index in [1.54, 1.807) is 0 Å². The van der Waals surface area contributed by atoms with Gasteiger partial charge in [-0.2, -0.15) is 0 Å². The maximum atomic E-state index is 12.7. The van der Waals surface area contributed by atoms with Gasteiger partial charge >= 0.3 is 6.03 Å². The molecule has 1 N–H and O–H groups in total. The molecule has 2 heterocycles. The summed E-state index contributed by atoms with van der Waals surface area (Å²) in [6, 6.07) is 18.4. The molecule has 6 heteroatoms. The van der Waals surface area contributed by atoms with Crippen molar-refractivity contribution in [3.8, 4) is 5.75 Å². The predicted octanol–water partition coefficient (Wildman–Crippen LogP) is 5.87. The number of carbonyl (C=O) groups is 1. The lowest BCUT2D eigenvalue weighted by molar-refractivity contribution is 0.197. The highest BCUT2D eigenvalue weighted by molar-refractivity contribution is 5.88. The van der Waals surface area contributed by atoms with Crippen LogP contribution in [0.25, 0.3) is 6.08 Å². The number of nitrogens with one attached hydrogen (secondary N) is 1. The van der Waals surface area contributed by atoms with Crippen molar-refractivity contribution in [2.45, 2.75) is 33.6 Å². The average Bonchev–Trinajstić information content (AvgIpc) is 3.13. The first kappa shape index (κ1) is 22.6. The van der Waals surface area contributed by atoms with E-state index in [1.807, 2.05) is 36.9 Å². The summed E-state index contributed by atoms with van der Waals surface area (Å²) < 4.78 is 11.2. The Kier molecular flexibility index (Phi) is 7.13. The summed E-state index contributed by atoms with van der Waals surface area (Å²) >= 11 is 0. The predicted molar refractivity (Wildman–Crippen MR) is 130 cm³/mol. The molecular formula is C27H31N3O3. The second kappa shape index (κ2) is 10.4. The third kappa shape index (κ3) is 5.83. The highest BCUT2D eigenvalue weighted by Gasteiger charge is 2.25. The molecule has 0 aliphatic carbocycles. The second-order valence-corrected chi connectivity index (χ2v) is 8.63. The van der Waals surface area contributed by atoms with Crippen LogP contribution in [0.1, 0.15) is 35.7 Å². The van der Waals surface area contributed by atoms with E-state index in [9.17, 15) is 4.79 Å². The molecule has 3 aromatic rings. The van der Waals surface area contributed by atoms with E-state index in [1.165, 1.54) is 11.1 Å². The molecule has 0 bridgehead atoms. The molecule has 1 unspecified atom stereocenters. The van der Waals surface area contributed by atoms with Crippen LogP contribution in [0, 0.1) is 19.8 Å². The first-order valence-corrected chi connectivity index (χ1v) is 11.5. The Labute approximate surface area is 195 Å². The van der Waals surface area contributed by atoms with Crippen LogP contribution < -0.4 is 10.1 Å². The Morgan fingerprint density at radius 3 is 2.76 bits per heavy atom. The number of aryl methyl sites for hydroxylation is 1. The van der Waals surface area contributed by atoms with E-state index in [4.69, 9.17) is 9.26 Å². The Bertz CT molecular complexity index is 1120. The molecule has 2 aromatic carbocycles. The number of nitrogens with zero attached hydrogens (tertiary/aromatic N) is 2. The van der Waals surface area contributed by atoms with Gasteiger partial charge in [-0.3, -0.25) is 5.32 Å². The minimum atomic E-state index is -0.144. The molecule has 1 aliphatic heterocycles. The largest absolute Gasteiger partial charge is 0.493 e. The van der Waals surface area contributed by atoms with Crippen molar-refractivity contribution in [2.24, 2.45) is 5.92 Å². The molecule has 1 aliphatic rings. The molecule has 172 valence electrons. The van der Waals surface area contributed by atoms with Crippen molar-refractivity contribution < 1.29 is 14.1 Å². The van der Waals surface area contributed by atoms with Gasteiger partial charge in [0, 0.05) is 25.1 Å². The number of urea groups is 1. The highest BCUT2D eigenvalue weighted by Crippen LogP contribution is 2.27. The maximum absolute atomic E-state index is 12.7. The Morgan fingerprint density at radius 1 is 1.21 bits per heavy atom. The summed E-state index contributed by atoms with van der Waals surface area (Å²) in [4.78, 5) is 14.5. The summed E-state index contributed by atoms with van der Waals surface area (Å²) in [7, 11) is 0. The topological polar surface area (TPSA) is 67.6 Å². The van der Waals surface area contributed by atoms with E-state index in [0.717, 1.165) is 35.4 Å². The number of likely N-dealkylation sites (tertiary alicyclic amines) is 1. The molecule has 2 amide bonds. The minimum Gasteiger partial charge on any atom is -0.493 e. The monoisotopic (exact) mass is 445 g/mol. The minimum absolute atomic E-state index is 0.144. The molecule has 4 rings (SSSR count). The summed E-state index contributed by atoms with van der Waals surface area (Å²) in [5.74, 6) is 1.57. The normalized spacial score (nSPS) is 17.2. The lowest BCUT2D eigenvalue weighted by Gasteiger charge is -2.33. The standard InChI is InChI=1S/C27H31N3O3/c1-19-18-30(27(31)28-26-20(2)21(3)29-33-26)14-12-24(19)16-23-10-7-11-25(17-23)32-15-13-22-8-5-4-6-9-22/h4-11,16-17,19H,12-15,18H2,1-3H3,(H,28,31)/b24-16+. The highest BCUT2D eigenvalue weighted by atomic mass is 16.5. The Balaban J connectivity index is 1.32. The van der Waals surface area contributed by atoms with Crippen molar-refractivity contribution in [2.75, 3.05) is 25.0 Å². The van der Waals surface area contributed by atoms with Gasteiger partial charge in [-0.15, -0.1) is 0 Å². The van der Waals surface area contributed by atoms with Gasteiger partial charge in [0.15, 0.2) is 0 Å². The molecule has 1 fully saturated rings. The van der Waals surface area contributed by atoms with Gasteiger partial charge in [-0.05, 0) is 49.4 Å². The Morgan fingerprint density at radius 2 is 2.03 bits per heavy atom. The lowest BCUT2D eigenvalue weighted by atomic mass is 9.91. The fraction of sp³-hybridized carbons (Fsp3) is 0.333. The summed E-state index contributed by atoms with van der Waals surface area (Å²) in [5, 5.41) is 6.75. The molecule has 0 saturated carbocycles. The smallest absolute Gasteiger partial charge is 0.324 e. The number of amides is 2. The first-order valence-electron chi connectivity index (χ1n) is 11.5. The van der Waals surface area contributed by atoms with Gasteiger partial charge in [-0.25, -0.2) is 4.79 Å². The fourth-order valence-electron chi connectivity index (χ4n) is 4.00. The van der Waals surface area contributed by atoms with E-state index >= 15 is 0 Å². The van der Waals surface area contributed by atoms with Crippen molar-refractivity contribution >= 4 is 18.0 Å². The molecular weight excluding hydrogens is 414 g/mol. The van der Waals surface area contributed by atoms with Crippen LogP contribution in [0.5, 0.6) is 5.75 Å². The van der Waals surface area contributed by atoms with Crippen LogP contribution in [-0.2, 0) is 6.42 Å². The zero-order valence-electron chi connectivity index (χ0n) is 19.5. The molecule has 0 spiro atoms. The number of ether oxygens (including phenoxy) is 1. The van der Waals surface area contributed by atoms with Gasteiger partial charge in [0.1, 0.15) is 5.75 Å². The van der Waals surface area contributed by atoms with Gasteiger partial charge in [0.05, 0.1) is 12.3 Å². The Hall–Kier alpha value is -3.54. The van der Waals surface area contributed by atoms with E-state index in [2.05, 4.69) is 59.9 Å². The third-order valence-electron chi connectivity index (χ3n) is 6.17. The van der Waals surface area contributed by atoms with Gasteiger partial charge in [0.2, 0.25) is 5.88 Å². The number of benzene rings is 2. The molecule has 33 heavy (non-hydrogen) atoms. The van der Waals surface area contributed by atoms with E-state index in [0.29, 0.717) is 25.6 Å². The third-order valence-corrected chi connectivity index (χ3v) is 6.17. The van der Waals surface area contributed by atoms with Crippen LogP contribution in [0.3, 0.4) is 0 Å². The number of hydrogen-bond donors (Lipinski definition) is 1. The number of hydrogen-bond acceptors (Lipinski definition) is 4. The van der Waals surface area contributed by atoms with Crippen LogP contribution in [0.4, 0.5) is 10.7 Å². The van der Waals surface area contributed by atoms with Crippen LogP contribution >= 0.6 is 0 Å². The number of carbonyl (C=O) groups excluding carboxylic acids is 1. The van der Waals surface area contributed by atoms with Crippen LogP contribution in [0.15, 0.2) is 64.7 Å². The zero-order valence-corrected chi connectivity index (χ0v) is 19.5. The lowest BCUT2D eigenvalue weighted by Crippen LogP contribution is -2.42. The SMILES string of the molecule is Cc1noc(NC(=O)N2CC/C(=C\c3cccc(OCCc4ccccc4)c3)C(C)C2)c1C. The van der Waals surface area contributed by atoms with Crippen molar-refractivity contribution in [3.63, 3.8) is 0 Å². The number of anilines is 1. The van der Waals surface area contributed by atoms with Crippen LogP contribution in [-0.4, -0.2) is 35.8 Å². The second-order valence-electron chi connectivity index (χ2n) is 8.63. The van der Waals surface area contributed by atoms with E-state index in [-0.39, 0.29) is 11.9 Å². The van der Waals surface area contributed by atoms with Gasteiger partial charge in [-0.1, -0.05) is 66.2 Å². The number of aromatic nitrogens is 1. The molecule has 0 radical (unpaired) electrons.